The number of rotatable bonds is 3. The summed E-state index contributed by atoms with van der Waals surface area (Å²) in [5.41, 5.74) is 1.38. The van der Waals surface area contributed by atoms with Gasteiger partial charge in [0.2, 0.25) is 0 Å². The van der Waals surface area contributed by atoms with Crippen molar-refractivity contribution in [2.24, 2.45) is 0 Å². The number of aliphatic hydroxyl groups is 1. The average molecular weight is 258 g/mol. The van der Waals surface area contributed by atoms with E-state index in [0.29, 0.717) is 4.58 Å². The average Bonchev–Trinajstić information content (AvgIpc) is 2.64. The topological polar surface area (TPSA) is 20.2 Å². The molecular formula is C11H14OS3. The number of hydrogen-bond donors (Lipinski definition) is 1. The Hall–Kier alpha value is 0.230. The molecule has 1 aliphatic heterocycles. The molecule has 0 aliphatic carbocycles. The van der Waals surface area contributed by atoms with E-state index in [0.717, 1.165) is 5.75 Å². The van der Waals surface area contributed by atoms with Crippen LogP contribution in [0.4, 0.5) is 0 Å². The number of thioether (sulfide) groups is 3. The van der Waals surface area contributed by atoms with Gasteiger partial charge in [-0.2, -0.15) is 0 Å². The molecule has 0 spiro atoms. The molecule has 0 saturated carbocycles. The van der Waals surface area contributed by atoms with E-state index >= 15 is 0 Å². The Morgan fingerprint density at radius 3 is 2.87 bits per heavy atom. The minimum atomic E-state index is 0.161. The Labute approximate surface area is 103 Å². The largest absolute Gasteiger partial charge is 0.386 e. The first-order chi connectivity index (χ1) is 7.24. The first kappa shape index (κ1) is 11.7. The lowest BCUT2D eigenvalue weighted by Gasteiger charge is -2.22. The minimum absolute atomic E-state index is 0.161. The highest BCUT2D eigenvalue weighted by atomic mass is 32.2. The Balaban J connectivity index is 2.10. The SMILES string of the molecule is CC1(c2ccccc2)SCC(SCO)S1. The van der Waals surface area contributed by atoms with Crippen molar-refractivity contribution < 1.29 is 5.11 Å². The quantitative estimate of drug-likeness (QED) is 0.839. The first-order valence-corrected chi connectivity index (χ1v) is 7.76. The van der Waals surface area contributed by atoms with Gasteiger partial charge in [0.1, 0.15) is 0 Å². The van der Waals surface area contributed by atoms with Gasteiger partial charge in [-0.05, 0) is 12.5 Å². The van der Waals surface area contributed by atoms with E-state index in [9.17, 15) is 0 Å². The normalized spacial score (nSPS) is 30.7. The summed E-state index contributed by atoms with van der Waals surface area (Å²) in [7, 11) is 0. The van der Waals surface area contributed by atoms with E-state index in [4.69, 9.17) is 5.11 Å². The minimum Gasteiger partial charge on any atom is -0.386 e. The summed E-state index contributed by atoms with van der Waals surface area (Å²) in [5, 5.41) is 8.91. The second-order valence-corrected chi connectivity index (χ2v) is 8.24. The fraction of sp³-hybridized carbons (Fsp3) is 0.455. The van der Waals surface area contributed by atoms with Crippen LogP contribution < -0.4 is 0 Å². The molecule has 1 saturated heterocycles. The maximum absolute atomic E-state index is 8.91. The van der Waals surface area contributed by atoms with Gasteiger partial charge in [0.15, 0.2) is 0 Å². The van der Waals surface area contributed by atoms with Crippen LogP contribution in [0.3, 0.4) is 0 Å². The third-order valence-electron chi connectivity index (χ3n) is 2.41. The summed E-state index contributed by atoms with van der Waals surface area (Å²) in [6.07, 6.45) is 0. The molecule has 0 amide bonds. The van der Waals surface area contributed by atoms with Crippen LogP contribution in [0.1, 0.15) is 12.5 Å². The molecule has 4 heteroatoms. The zero-order valence-electron chi connectivity index (χ0n) is 8.55. The Morgan fingerprint density at radius 1 is 1.47 bits per heavy atom. The van der Waals surface area contributed by atoms with Crippen LogP contribution in [0.15, 0.2) is 30.3 Å². The summed E-state index contributed by atoms with van der Waals surface area (Å²) >= 11 is 5.57. The molecule has 0 radical (unpaired) electrons. The Kier molecular flexibility index (Phi) is 3.93. The van der Waals surface area contributed by atoms with Gasteiger partial charge in [0.05, 0.1) is 14.6 Å². The lowest BCUT2D eigenvalue weighted by atomic mass is 10.2. The molecule has 0 bridgehead atoms. The lowest BCUT2D eigenvalue weighted by molar-refractivity contribution is 0.375. The Bertz CT molecular complexity index is 317. The molecule has 1 aliphatic rings. The van der Waals surface area contributed by atoms with Crippen molar-refractivity contribution in [1.82, 2.24) is 0 Å². The van der Waals surface area contributed by atoms with Crippen LogP contribution in [-0.4, -0.2) is 21.4 Å². The fourth-order valence-corrected chi connectivity index (χ4v) is 6.41. The Morgan fingerprint density at radius 2 is 2.20 bits per heavy atom. The van der Waals surface area contributed by atoms with E-state index < -0.39 is 0 Å². The van der Waals surface area contributed by atoms with E-state index in [1.807, 2.05) is 23.5 Å². The molecule has 1 N–H and O–H groups in total. The summed E-state index contributed by atoms with van der Waals surface area (Å²) in [6.45, 7) is 2.27. The molecule has 1 aromatic carbocycles. The summed E-state index contributed by atoms with van der Waals surface area (Å²) in [6, 6.07) is 10.6. The van der Waals surface area contributed by atoms with Crippen molar-refractivity contribution in [2.45, 2.75) is 15.6 Å². The molecule has 2 atom stereocenters. The van der Waals surface area contributed by atoms with Gasteiger partial charge in [0, 0.05) is 5.75 Å². The van der Waals surface area contributed by atoms with Crippen LogP contribution in [0.25, 0.3) is 0 Å². The highest BCUT2D eigenvalue weighted by molar-refractivity contribution is 8.28. The number of aliphatic hydroxyl groups excluding tert-OH is 1. The fourth-order valence-electron chi connectivity index (χ4n) is 1.60. The van der Waals surface area contributed by atoms with Gasteiger partial charge in [-0.15, -0.1) is 35.3 Å². The van der Waals surface area contributed by atoms with Crippen molar-refractivity contribution in [3.8, 4) is 0 Å². The molecule has 0 aromatic heterocycles. The number of benzene rings is 1. The first-order valence-electron chi connectivity index (χ1n) is 4.84. The van der Waals surface area contributed by atoms with Gasteiger partial charge in [-0.1, -0.05) is 30.3 Å². The zero-order chi connectivity index (χ0) is 10.7. The smallest absolute Gasteiger partial charge is 0.0897 e. The number of hydrogen-bond acceptors (Lipinski definition) is 4. The van der Waals surface area contributed by atoms with E-state index in [-0.39, 0.29) is 10.0 Å². The predicted octanol–water partition coefficient (Wildman–Crippen LogP) is 3.35. The molecule has 1 aromatic rings. The lowest BCUT2D eigenvalue weighted by Crippen LogP contribution is -2.08. The van der Waals surface area contributed by atoms with Gasteiger partial charge in [-0.3, -0.25) is 0 Å². The third-order valence-corrected chi connectivity index (χ3v) is 7.26. The second-order valence-electron chi connectivity index (χ2n) is 3.47. The van der Waals surface area contributed by atoms with Gasteiger partial charge < -0.3 is 5.11 Å². The molecular weight excluding hydrogens is 244 g/mol. The summed E-state index contributed by atoms with van der Waals surface area (Å²) in [4.78, 5) is 0. The highest BCUT2D eigenvalue weighted by Crippen LogP contribution is 2.57. The van der Waals surface area contributed by atoms with Crippen molar-refractivity contribution in [2.75, 3.05) is 11.7 Å². The summed E-state index contributed by atoms with van der Waals surface area (Å²) in [5.74, 6) is 1.34. The maximum Gasteiger partial charge on any atom is 0.0897 e. The van der Waals surface area contributed by atoms with Crippen molar-refractivity contribution in [1.29, 1.82) is 0 Å². The monoisotopic (exact) mass is 258 g/mol. The highest BCUT2D eigenvalue weighted by Gasteiger charge is 2.38. The van der Waals surface area contributed by atoms with E-state index in [2.05, 4.69) is 37.3 Å². The van der Waals surface area contributed by atoms with Gasteiger partial charge in [-0.25, -0.2) is 0 Å². The maximum atomic E-state index is 8.91. The van der Waals surface area contributed by atoms with Gasteiger partial charge >= 0.3 is 0 Å². The van der Waals surface area contributed by atoms with Crippen LogP contribution in [0.2, 0.25) is 0 Å². The second kappa shape index (κ2) is 5.04. The molecule has 1 fully saturated rings. The zero-order valence-corrected chi connectivity index (χ0v) is 11.0. The van der Waals surface area contributed by atoms with E-state index in [1.165, 1.54) is 5.56 Å². The van der Waals surface area contributed by atoms with Crippen molar-refractivity contribution >= 4 is 35.3 Å². The predicted molar refractivity (Wildman–Crippen MR) is 72.3 cm³/mol. The molecule has 1 nitrogen and oxygen atoms in total. The van der Waals surface area contributed by atoms with Gasteiger partial charge in [0.25, 0.3) is 0 Å². The van der Waals surface area contributed by atoms with Crippen LogP contribution in [0, 0.1) is 0 Å². The standard InChI is InChI=1S/C11H14OS3/c1-11(9-5-3-2-4-6-9)14-7-10(15-11)13-8-12/h2-6,10,12H,7-8H2,1H3. The third kappa shape index (κ3) is 2.67. The van der Waals surface area contributed by atoms with Crippen LogP contribution in [-0.2, 0) is 4.08 Å². The molecule has 15 heavy (non-hydrogen) atoms. The van der Waals surface area contributed by atoms with Crippen molar-refractivity contribution in [3.63, 3.8) is 0 Å². The molecule has 1 heterocycles. The summed E-state index contributed by atoms with van der Waals surface area (Å²) < 4.78 is 0.680. The van der Waals surface area contributed by atoms with Crippen molar-refractivity contribution in [3.05, 3.63) is 35.9 Å². The van der Waals surface area contributed by atoms with Crippen LogP contribution >= 0.6 is 35.3 Å². The molecule has 2 rings (SSSR count). The molecule has 82 valence electrons. The van der Waals surface area contributed by atoms with E-state index in [1.54, 1.807) is 11.8 Å². The van der Waals surface area contributed by atoms with Crippen LogP contribution in [0.5, 0.6) is 0 Å². The molecule has 2 unspecified atom stereocenters.